The van der Waals surface area contributed by atoms with Gasteiger partial charge in [0.15, 0.2) is 0 Å². The lowest BCUT2D eigenvalue weighted by Gasteiger charge is -2.36. The molecule has 6 heteroatoms. The molecule has 3 heterocycles. The molecule has 102 valence electrons. The third-order valence-electron chi connectivity index (χ3n) is 3.91. The van der Waals surface area contributed by atoms with Crippen LogP contribution in [0.25, 0.3) is 0 Å². The van der Waals surface area contributed by atoms with Crippen molar-refractivity contribution in [2.75, 3.05) is 5.32 Å². The molecule has 0 bridgehead atoms. The lowest BCUT2D eigenvalue weighted by molar-refractivity contribution is -0.124. The molecule has 0 radical (unpaired) electrons. The largest absolute Gasteiger partial charge is 0.467 e. The molecule has 0 saturated heterocycles. The van der Waals surface area contributed by atoms with Crippen LogP contribution in [0.4, 0.5) is 5.95 Å². The van der Waals surface area contributed by atoms with Crippen LogP contribution in [-0.4, -0.2) is 20.5 Å². The molecular formula is C14H14N4O2. The standard InChI is InChI=1S/C14H14N4O2/c1-8-5-9-12(10(19)6-8)13(11-3-2-4-20-11)18-14(17-9)15-7-16-18/h2-5,7-8,12-13H,6H2,1H3,(H,15,16,17)/t8-,12-,13-/m1/s1. The summed E-state index contributed by atoms with van der Waals surface area (Å²) in [6.45, 7) is 2.05. The zero-order chi connectivity index (χ0) is 13.7. The van der Waals surface area contributed by atoms with Crippen molar-refractivity contribution in [3.8, 4) is 0 Å². The molecular weight excluding hydrogens is 256 g/mol. The summed E-state index contributed by atoms with van der Waals surface area (Å²) in [6.07, 6.45) is 5.77. The first-order chi connectivity index (χ1) is 9.74. The van der Waals surface area contributed by atoms with E-state index >= 15 is 0 Å². The van der Waals surface area contributed by atoms with E-state index in [0.29, 0.717) is 12.4 Å². The van der Waals surface area contributed by atoms with Crippen molar-refractivity contribution >= 4 is 11.7 Å². The van der Waals surface area contributed by atoms with Crippen LogP contribution in [0.3, 0.4) is 0 Å². The Kier molecular flexibility index (Phi) is 2.33. The van der Waals surface area contributed by atoms with Crippen molar-refractivity contribution in [1.29, 1.82) is 0 Å². The molecule has 0 unspecified atom stereocenters. The smallest absolute Gasteiger partial charge is 0.226 e. The molecule has 1 aliphatic heterocycles. The van der Waals surface area contributed by atoms with Crippen LogP contribution in [0.2, 0.25) is 0 Å². The van der Waals surface area contributed by atoms with Crippen LogP contribution in [0.1, 0.15) is 25.1 Å². The topological polar surface area (TPSA) is 73.0 Å². The van der Waals surface area contributed by atoms with E-state index < -0.39 is 0 Å². The Labute approximate surface area is 115 Å². The Hall–Kier alpha value is -2.37. The minimum absolute atomic E-state index is 0.213. The van der Waals surface area contributed by atoms with Gasteiger partial charge in [0.1, 0.15) is 23.9 Å². The van der Waals surface area contributed by atoms with Gasteiger partial charge in [0.05, 0.1) is 12.2 Å². The van der Waals surface area contributed by atoms with Gasteiger partial charge in [-0.3, -0.25) is 4.79 Å². The number of allylic oxidation sites excluding steroid dienone is 2. The van der Waals surface area contributed by atoms with E-state index in [0.717, 1.165) is 11.5 Å². The van der Waals surface area contributed by atoms with Crippen molar-refractivity contribution in [3.63, 3.8) is 0 Å². The number of carbonyl (C=O) groups excluding carboxylic acids is 1. The lowest BCUT2D eigenvalue weighted by Crippen LogP contribution is -2.39. The van der Waals surface area contributed by atoms with Gasteiger partial charge >= 0.3 is 0 Å². The Morgan fingerprint density at radius 3 is 3.20 bits per heavy atom. The first-order valence-corrected chi connectivity index (χ1v) is 6.68. The molecule has 0 saturated carbocycles. The van der Waals surface area contributed by atoms with Gasteiger partial charge in [0.2, 0.25) is 5.95 Å². The highest BCUT2D eigenvalue weighted by molar-refractivity contribution is 5.87. The first-order valence-electron chi connectivity index (χ1n) is 6.68. The molecule has 1 aliphatic carbocycles. The first kappa shape index (κ1) is 11.5. The van der Waals surface area contributed by atoms with E-state index in [1.807, 2.05) is 19.1 Å². The zero-order valence-corrected chi connectivity index (χ0v) is 11.0. The van der Waals surface area contributed by atoms with Crippen LogP contribution < -0.4 is 5.32 Å². The van der Waals surface area contributed by atoms with Crippen LogP contribution in [0.5, 0.6) is 0 Å². The summed E-state index contributed by atoms with van der Waals surface area (Å²) in [5, 5.41) is 7.46. The molecule has 2 aromatic heterocycles. The SMILES string of the molecule is C[C@@H]1C=C2Nc3ncnn3[C@H](c3ccco3)[C@H]2C(=O)C1. The second kappa shape index (κ2) is 4.06. The number of aromatic nitrogens is 3. The molecule has 2 aliphatic rings. The summed E-state index contributed by atoms with van der Waals surface area (Å²) in [6, 6.07) is 3.45. The minimum Gasteiger partial charge on any atom is -0.467 e. The second-order valence-electron chi connectivity index (χ2n) is 5.36. The third kappa shape index (κ3) is 1.54. The molecule has 0 spiro atoms. The summed E-state index contributed by atoms with van der Waals surface area (Å²) >= 11 is 0. The molecule has 3 atom stereocenters. The van der Waals surface area contributed by atoms with E-state index in [4.69, 9.17) is 4.42 Å². The molecule has 0 amide bonds. The predicted molar refractivity (Wildman–Crippen MR) is 70.9 cm³/mol. The average molecular weight is 270 g/mol. The Bertz CT molecular complexity index is 686. The normalized spacial score (nSPS) is 28.4. The number of anilines is 1. The van der Waals surface area contributed by atoms with Crippen molar-refractivity contribution in [1.82, 2.24) is 14.8 Å². The molecule has 1 N–H and O–H groups in total. The van der Waals surface area contributed by atoms with E-state index in [2.05, 4.69) is 21.5 Å². The number of nitrogens with zero attached hydrogens (tertiary/aromatic N) is 3. The Balaban J connectivity index is 1.90. The van der Waals surface area contributed by atoms with E-state index in [1.165, 1.54) is 6.33 Å². The molecule has 2 aromatic rings. The van der Waals surface area contributed by atoms with Crippen molar-refractivity contribution in [2.24, 2.45) is 11.8 Å². The van der Waals surface area contributed by atoms with Gasteiger partial charge in [-0.2, -0.15) is 10.1 Å². The highest BCUT2D eigenvalue weighted by Crippen LogP contribution is 2.41. The van der Waals surface area contributed by atoms with Gasteiger partial charge in [0, 0.05) is 12.1 Å². The van der Waals surface area contributed by atoms with Crippen molar-refractivity contribution < 1.29 is 9.21 Å². The molecule has 6 nitrogen and oxygen atoms in total. The van der Waals surface area contributed by atoms with Crippen LogP contribution in [0, 0.1) is 11.8 Å². The van der Waals surface area contributed by atoms with Crippen molar-refractivity contribution in [2.45, 2.75) is 19.4 Å². The molecule has 0 aromatic carbocycles. The monoisotopic (exact) mass is 270 g/mol. The molecule has 4 rings (SSSR count). The summed E-state index contributed by atoms with van der Waals surface area (Å²) in [7, 11) is 0. The second-order valence-corrected chi connectivity index (χ2v) is 5.36. The zero-order valence-electron chi connectivity index (χ0n) is 11.0. The number of furan rings is 1. The van der Waals surface area contributed by atoms with E-state index in [-0.39, 0.29) is 23.7 Å². The van der Waals surface area contributed by atoms with Crippen molar-refractivity contribution in [3.05, 3.63) is 42.3 Å². The fourth-order valence-corrected chi connectivity index (χ4v) is 3.11. The fraction of sp³-hybridized carbons (Fsp3) is 0.357. The summed E-state index contributed by atoms with van der Waals surface area (Å²) in [5.74, 6) is 1.57. The van der Waals surface area contributed by atoms with Crippen LogP contribution >= 0.6 is 0 Å². The van der Waals surface area contributed by atoms with Gasteiger partial charge < -0.3 is 9.73 Å². The van der Waals surface area contributed by atoms with Crippen LogP contribution in [0.15, 0.2) is 40.9 Å². The number of rotatable bonds is 1. The number of Topliss-reactive ketones (excluding diaryl/α,β-unsaturated/α-hetero) is 1. The van der Waals surface area contributed by atoms with Crippen LogP contribution in [-0.2, 0) is 4.79 Å². The summed E-state index contributed by atoms with van der Waals surface area (Å²) in [5.41, 5.74) is 0.913. The number of ketones is 1. The van der Waals surface area contributed by atoms with Gasteiger partial charge in [-0.15, -0.1) is 0 Å². The predicted octanol–water partition coefficient (Wildman–Crippen LogP) is 1.99. The Morgan fingerprint density at radius 2 is 2.40 bits per heavy atom. The summed E-state index contributed by atoms with van der Waals surface area (Å²) < 4.78 is 7.26. The van der Waals surface area contributed by atoms with E-state index in [9.17, 15) is 4.79 Å². The molecule has 20 heavy (non-hydrogen) atoms. The number of hydrogen-bond donors (Lipinski definition) is 1. The third-order valence-corrected chi connectivity index (χ3v) is 3.91. The Morgan fingerprint density at radius 1 is 1.50 bits per heavy atom. The maximum absolute atomic E-state index is 12.5. The highest BCUT2D eigenvalue weighted by Gasteiger charge is 2.43. The number of fused-ring (bicyclic) bond motifs is 2. The fourth-order valence-electron chi connectivity index (χ4n) is 3.11. The van der Waals surface area contributed by atoms with Gasteiger partial charge in [-0.05, 0) is 18.1 Å². The van der Waals surface area contributed by atoms with Gasteiger partial charge in [-0.25, -0.2) is 4.68 Å². The number of hydrogen-bond acceptors (Lipinski definition) is 5. The maximum atomic E-state index is 12.5. The van der Waals surface area contributed by atoms with Gasteiger partial charge in [-0.1, -0.05) is 13.0 Å². The van der Waals surface area contributed by atoms with Gasteiger partial charge in [0.25, 0.3) is 0 Å². The lowest BCUT2D eigenvalue weighted by atomic mass is 9.79. The molecule has 0 fully saturated rings. The van der Waals surface area contributed by atoms with E-state index in [1.54, 1.807) is 10.9 Å². The number of nitrogens with one attached hydrogen (secondary N) is 1. The minimum atomic E-state index is -0.272. The quantitative estimate of drug-likeness (QED) is 0.858. The number of carbonyl (C=O) groups is 1. The highest BCUT2D eigenvalue weighted by atomic mass is 16.3. The maximum Gasteiger partial charge on any atom is 0.226 e. The average Bonchev–Trinajstić information content (AvgIpc) is 3.06. The summed E-state index contributed by atoms with van der Waals surface area (Å²) in [4.78, 5) is 16.7.